The third-order valence-corrected chi connectivity index (χ3v) is 14.5. The molecule has 2 aromatic carbocycles. The first kappa shape index (κ1) is 33.8. The third-order valence-electron chi connectivity index (χ3n) is 12.8. The number of nitrogens with zero attached hydrogens (tertiary/aromatic N) is 4. The van der Waals surface area contributed by atoms with Crippen molar-refractivity contribution in [2.75, 3.05) is 4.90 Å². The van der Waals surface area contributed by atoms with Gasteiger partial charge >= 0.3 is 0 Å². The van der Waals surface area contributed by atoms with Crippen molar-refractivity contribution in [3.8, 4) is 16.3 Å². The number of rotatable bonds is 4. The molecule has 4 fully saturated rings. The molecule has 9 nitrogen and oxygen atoms in total. The Bertz CT molecular complexity index is 2270. The largest absolute Gasteiger partial charge is 0.508 e. The third kappa shape index (κ3) is 4.69. The van der Waals surface area contributed by atoms with Crippen molar-refractivity contribution in [1.82, 2.24) is 14.7 Å². The van der Waals surface area contributed by atoms with Crippen LogP contribution in [0, 0.1) is 36.0 Å². The van der Waals surface area contributed by atoms with E-state index in [1.807, 2.05) is 31.2 Å². The monoisotopic (exact) mass is 756 g/mol. The molecule has 0 radical (unpaired) electrons. The molecule has 268 valence electrons. The number of likely N-dealkylation sites (tertiary alicyclic amines) is 1. The van der Waals surface area contributed by atoms with E-state index in [1.165, 1.54) is 11.0 Å². The number of carbonyl (C=O) groups excluding carboxylic acids is 4. The molecule has 3 aliphatic carbocycles. The lowest BCUT2D eigenvalue weighted by atomic mass is 9.51. The highest BCUT2D eigenvalue weighted by Crippen LogP contribution is 2.64. The number of aryl methyl sites for hydroxylation is 2. The summed E-state index contributed by atoms with van der Waals surface area (Å²) in [5, 5.41) is 18.2. The summed E-state index contributed by atoms with van der Waals surface area (Å²) in [6.45, 7) is 3.81. The summed E-state index contributed by atoms with van der Waals surface area (Å²) < 4.78 is 2.62. The van der Waals surface area contributed by atoms with E-state index in [0.717, 1.165) is 58.2 Å². The average Bonchev–Trinajstić information content (AvgIpc) is 3.80. The van der Waals surface area contributed by atoms with E-state index in [0.29, 0.717) is 33.5 Å². The second-order valence-electron chi connectivity index (χ2n) is 15.4. The van der Waals surface area contributed by atoms with Gasteiger partial charge in [0.05, 0.1) is 28.0 Å². The molecular formula is C40H38Cl2N4O5S. The Morgan fingerprint density at radius 3 is 2.42 bits per heavy atom. The zero-order chi connectivity index (χ0) is 36.4. The fourth-order valence-corrected chi connectivity index (χ4v) is 11.8. The van der Waals surface area contributed by atoms with Crippen LogP contribution in [-0.2, 0) is 26.2 Å². The van der Waals surface area contributed by atoms with Gasteiger partial charge in [0.1, 0.15) is 17.3 Å². The van der Waals surface area contributed by atoms with Gasteiger partial charge in [-0.25, -0.2) is 4.90 Å². The van der Waals surface area contributed by atoms with Crippen LogP contribution < -0.4 is 4.90 Å². The number of fused-ring (bicyclic) bond motifs is 5. The maximum Gasteiger partial charge on any atom is 0.242 e. The van der Waals surface area contributed by atoms with Crippen LogP contribution >= 0.6 is 34.5 Å². The highest BCUT2D eigenvalue weighted by Gasteiger charge is 2.68. The van der Waals surface area contributed by atoms with Crippen molar-refractivity contribution in [2.24, 2.45) is 36.1 Å². The molecule has 12 heteroatoms. The Hall–Kier alpha value is -3.99. The zero-order valence-corrected chi connectivity index (χ0v) is 31.4. The number of hydrogen-bond donors (Lipinski definition) is 1. The smallest absolute Gasteiger partial charge is 0.242 e. The number of allylic oxidation sites excluding steroid dienone is 2. The molecule has 0 unspecified atom stereocenters. The average molecular weight is 758 g/mol. The van der Waals surface area contributed by atoms with Crippen molar-refractivity contribution in [3.05, 3.63) is 75.3 Å². The van der Waals surface area contributed by atoms with Crippen LogP contribution in [0.5, 0.6) is 5.75 Å². The summed E-state index contributed by atoms with van der Waals surface area (Å²) in [6.07, 6.45) is 7.30. The zero-order valence-electron chi connectivity index (χ0n) is 29.1. The normalized spacial score (nSPS) is 29.2. The fourth-order valence-electron chi connectivity index (χ4n) is 10.3. The van der Waals surface area contributed by atoms with Gasteiger partial charge in [-0.05, 0) is 92.8 Å². The van der Waals surface area contributed by atoms with Crippen molar-refractivity contribution in [1.29, 1.82) is 0 Å². The molecule has 2 aromatic heterocycles. The summed E-state index contributed by atoms with van der Waals surface area (Å²) in [7, 11) is 1.72. The minimum Gasteiger partial charge on any atom is -0.508 e. The quantitative estimate of drug-likeness (QED) is 0.166. The number of anilines is 1. The number of phenols is 1. The maximum atomic E-state index is 15.1. The van der Waals surface area contributed by atoms with Gasteiger partial charge in [0.25, 0.3) is 0 Å². The first-order valence-electron chi connectivity index (χ1n) is 18.1. The van der Waals surface area contributed by atoms with Gasteiger partial charge in [0.15, 0.2) is 0 Å². The Kier molecular flexibility index (Phi) is 7.81. The van der Waals surface area contributed by atoms with E-state index in [9.17, 15) is 19.5 Å². The molecule has 2 saturated heterocycles. The van der Waals surface area contributed by atoms with E-state index in [4.69, 9.17) is 28.3 Å². The molecule has 6 atom stereocenters. The number of amides is 4. The summed E-state index contributed by atoms with van der Waals surface area (Å²) in [6, 6.07) is 12.2. The van der Waals surface area contributed by atoms with Crippen LogP contribution in [-0.4, -0.2) is 49.5 Å². The molecule has 5 aliphatic rings. The van der Waals surface area contributed by atoms with Crippen LogP contribution in [0.15, 0.2) is 54.1 Å². The van der Waals surface area contributed by atoms with Crippen LogP contribution in [0.25, 0.3) is 20.7 Å². The fraction of sp³-hybridized carbons (Fsp3) is 0.425. The lowest BCUT2D eigenvalue weighted by Crippen LogP contribution is -2.49. The molecule has 4 aromatic rings. The molecule has 4 heterocycles. The van der Waals surface area contributed by atoms with Gasteiger partial charge in [-0.2, -0.15) is 5.10 Å². The molecular weight excluding hydrogens is 719 g/mol. The number of thiophene rings is 1. The number of phenolic OH excluding ortho intramolecular Hbond substituents is 1. The van der Waals surface area contributed by atoms with Crippen molar-refractivity contribution in [3.63, 3.8) is 0 Å². The minimum absolute atomic E-state index is 0.0439. The lowest BCUT2D eigenvalue weighted by Gasteiger charge is -2.49. The van der Waals surface area contributed by atoms with Crippen molar-refractivity contribution in [2.45, 2.75) is 70.8 Å². The van der Waals surface area contributed by atoms with Gasteiger partial charge in [-0.1, -0.05) is 54.1 Å². The number of aromatic hydroxyl groups is 1. The summed E-state index contributed by atoms with van der Waals surface area (Å²) in [5.41, 5.74) is 1.57. The lowest BCUT2D eigenvalue weighted by molar-refractivity contribution is -0.144. The minimum atomic E-state index is -1.32. The van der Waals surface area contributed by atoms with Gasteiger partial charge in [0.2, 0.25) is 23.6 Å². The van der Waals surface area contributed by atoms with E-state index in [-0.39, 0.29) is 35.9 Å². The van der Waals surface area contributed by atoms with Gasteiger partial charge in [-0.15, -0.1) is 11.3 Å². The van der Waals surface area contributed by atoms with Crippen LogP contribution in [0.1, 0.15) is 68.9 Å². The number of imide groups is 2. The number of carbonyl (C=O) groups is 4. The van der Waals surface area contributed by atoms with E-state index >= 15 is 4.79 Å². The Morgan fingerprint density at radius 2 is 1.65 bits per heavy atom. The van der Waals surface area contributed by atoms with E-state index < -0.39 is 40.9 Å². The second kappa shape index (κ2) is 12.0. The van der Waals surface area contributed by atoms with Crippen molar-refractivity contribution >= 4 is 74.1 Å². The first-order chi connectivity index (χ1) is 24.9. The summed E-state index contributed by atoms with van der Waals surface area (Å²) >= 11 is 14.4. The predicted molar refractivity (Wildman–Crippen MR) is 200 cm³/mol. The number of benzene rings is 2. The molecule has 9 rings (SSSR count). The number of halogens is 2. The molecule has 52 heavy (non-hydrogen) atoms. The summed E-state index contributed by atoms with van der Waals surface area (Å²) in [5.74, 6) is -3.96. The predicted octanol–water partition coefficient (Wildman–Crippen LogP) is 8.19. The highest BCUT2D eigenvalue weighted by atomic mass is 35.5. The molecule has 0 bridgehead atoms. The van der Waals surface area contributed by atoms with Gasteiger partial charge in [0, 0.05) is 45.4 Å². The Balaban J connectivity index is 1.15. The van der Waals surface area contributed by atoms with Crippen LogP contribution in [0.3, 0.4) is 0 Å². The number of hydrogen-bond acceptors (Lipinski definition) is 7. The SMILES string of the molecule is Cc1c(-c2cc(N3C(=O)[C@@H]4C[C@@H]5C(=CC[C@@H]6C(=O)N(C7CCCCC7)C(=O)[C@@H]65)[C@H](c5cc(Cl)ccc5O)[C@]4(C)C3=O)n(C)n2)sc2ccc(Cl)cc12. The number of aromatic nitrogens is 2. The van der Waals surface area contributed by atoms with Crippen LogP contribution in [0.2, 0.25) is 10.0 Å². The van der Waals surface area contributed by atoms with Crippen molar-refractivity contribution < 1.29 is 24.3 Å². The standard InChI is InChI=1S/C40H38Cl2N4O5S/c1-19-25-15-21(42)10-14-31(25)52-35(19)29-18-32(44(3)43-29)46-37(49)28-17-26-23(34(40(28,2)39(46)51)27-16-20(41)9-13-30(27)47)11-12-24-33(26)38(50)45(36(24)48)22-7-5-4-6-8-22/h9-11,13-16,18,22,24,26,28,33-34,47H,4-8,12,17H2,1-3H3/t24-,26+,28-,33-,34+,40+/m0/s1. The molecule has 2 aliphatic heterocycles. The van der Waals surface area contributed by atoms with Gasteiger partial charge < -0.3 is 5.11 Å². The Labute approximate surface area is 315 Å². The molecule has 2 saturated carbocycles. The second-order valence-corrected chi connectivity index (χ2v) is 17.3. The summed E-state index contributed by atoms with van der Waals surface area (Å²) in [4.78, 5) is 61.9. The maximum absolute atomic E-state index is 15.1. The molecule has 1 N–H and O–H groups in total. The van der Waals surface area contributed by atoms with E-state index in [1.54, 1.807) is 53.1 Å². The van der Waals surface area contributed by atoms with E-state index in [2.05, 4.69) is 0 Å². The van der Waals surface area contributed by atoms with Gasteiger partial charge in [-0.3, -0.25) is 28.8 Å². The Morgan fingerprint density at radius 1 is 0.923 bits per heavy atom. The van der Waals surface area contributed by atoms with Crippen LogP contribution in [0.4, 0.5) is 5.82 Å². The first-order valence-corrected chi connectivity index (χ1v) is 19.6. The highest BCUT2D eigenvalue weighted by molar-refractivity contribution is 7.22. The topological polar surface area (TPSA) is 113 Å². The molecule has 0 spiro atoms. The molecule has 4 amide bonds.